The Morgan fingerprint density at radius 1 is 0.696 bits per heavy atom. The summed E-state index contributed by atoms with van der Waals surface area (Å²) >= 11 is 0. The molecule has 0 nitrogen and oxygen atoms in total. The summed E-state index contributed by atoms with van der Waals surface area (Å²) in [5.41, 5.74) is 2.98. The van der Waals surface area contributed by atoms with Crippen molar-refractivity contribution in [2.45, 2.75) is 96.3 Å². The van der Waals surface area contributed by atoms with E-state index in [9.17, 15) is 0 Å². The Hall–Kier alpha value is -0.780. The Kier molecular flexibility index (Phi) is 6.60. The Balaban J connectivity index is 1.30. The van der Waals surface area contributed by atoms with Crippen molar-refractivity contribution >= 4 is 0 Å². The highest BCUT2D eigenvalue weighted by molar-refractivity contribution is 5.24. The molecule has 1 aromatic carbocycles. The highest BCUT2D eigenvalue weighted by Crippen LogP contribution is 2.38. The third-order valence-electron chi connectivity index (χ3n) is 6.59. The van der Waals surface area contributed by atoms with Crippen LogP contribution in [-0.4, -0.2) is 0 Å². The average molecular weight is 313 g/mol. The first kappa shape index (κ1) is 17.1. The molecule has 0 radical (unpaired) electrons. The standard InChI is InChI=1S/C23H36/c1-19-11-15-22(16-12-19)23-17-13-21(14-18-23)10-6-5-9-20-7-3-2-4-8-20/h11-12,15-16,20-21,23H,2-10,13-14,17-18H2,1H3. The number of hydrogen-bond acceptors (Lipinski definition) is 0. The van der Waals surface area contributed by atoms with Crippen LogP contribution in [0.1, 0.15) is 101 Å². The molecule has 0 unspecified atom stereocenters. The van der Waals surface area contributed by atoms with Gasteiger partial charge in [-0.05, 0) is 55.9 Å². The predicted octanol–water partition coefficient (Wildman–Crippen LogP) is 7.41. The monoisotopic (exact) mass is 312 g/mol. The molecule has 0 atom stereocenters. The van der Waals surface area contributed by atoms with Gasteiger partial charge in [-0.15, -0.1) is 0 Å². The molecule has 1 aromatic rings. The van der Waals surface area contributed by atoms with Crippen LogP contribution < -0.4 is 0 Å². The maximum atomic E-state index is 2.37. The normalized spacial score (nSPS) is 26.3. The molecule has 0 bridgehead atoms. The van der Waals surface area contributed by atoms with Crippen LogP contribution in [0.5, 0.6) is 0 Å². The number of aryl methyl sites for hydroxylation is 1. The van der Waals surface area contributed by atoms with Crippen LogP contribution in [0.25, 0.3) is 0 Å². The summed E-state index contributed by atoms with van der Waals surface area (Å²) in [5, 5.41) is 0. The van der Waals surface area contributed by atoms with Gasteiger partial charge in [-0.3, -0.25) is 0 Å². The van der Waals surface area contributed by atoms with Crippen molar-refractivity contribution in [2.24, 2.45) is 11.8 Å². The van der Waals surface area contributed by atoms with Gasteiger partial charge in [0.1, 0.15) is 0 Å². The van der Waals surface area contributed by atoms with Crippen LogP contribution in [0.4, 0.5) is 0 Å². The van der Waals surface area contributed by atoms with E-state index < -0.39 is 0 Å². The molecule has 0 spiro atoms. The summed E-state index contributed by atoms with van der Waals surface area (Å²) in [6.45, 7) is 2.19. The maximum Gasteiger partial charge on any atom is -0.0162 e. The van der Waals surface area contributed by atoms with Crippen molar-refractivity contribution < 1.29 is 0 Å². The van der Waals surface area contributed by atoms with Gasteiger partial charge in [0.2, 0.25) is 0 Å². The summed E-state index contributed by atoms with van der Waals surface area (Å²) in [5.74, 6) is 2.96. The molecule has 128 valence electrons. The summed E-state index contributed by atoms with van der Waals surface area (Å²) in [6.07, 6.45) is 19.4. The van der Waals surface area contributed by atoms with E-state index in [1.54, 1.807) is 5.56 Å². The quantitative estimate of drug-likeness (QED) is 0.480. The molecule has 23 heavy (non-hydrogen) atoms. The van der Waals surface area contributed by atoms with Gasteiger partial charge < -0.3 is 0 Å². The molecule has 2 aliphatic rings. The molecular weight excluding hydrogens is 276 g/mol. The van der Waals surface area contributed by atoms with E-state index in [0.717, 1.165) is 17.8 Å². The van der Waals surface area contributed by atoms with Gasteiger partial charge in [-0.1, -0.05) is 87.6 Å². The number of benzene rings is 1. The second-order valence-corrected chi connectivity index (χ2v) is 8.42. The zero-order chi connectivity index (χ0) is 15.9. The summed E-state index contributed by atoms with van der Waals surface area (Å²) in [6, 6.07) is 9.30. The molecule has 0 N–H and O–H groups in total. The topological polar surface area (TPSA) is 0 Å². The van der Waals surface area contributed by atoms with Gasteiger partial charge in [-0.25, -0.2) is 0 Å². The molecule has 0 aliphatic heterocycles. The minimum absolute atomic E-state index is 0.842. The maximum absolute atomic E-state index is 2.37. The van der Waals surface area contributed by atoms with Gasteiger partial charge >= 0.3 is 0 Å². The SMILES string of the molecule is Cc1ccc(C2CCC(CCCCC3CCCCC3)CC2)cc1. The number of hydrogen-bond donors (Lipinski definition) is 0. The third kappa shape index (κ3) is 5.37. The second-order valence-electron chi connectivity index (χ2n) is 8.42. The van der Waals surface area contributed by atoms with E-state index in [4.69, 9.17) is 0 Å². The van der Waals surface area contributed by atoms with Gasteiger partial charge in [-0.2, -0.15) is 0 Å². The van der Waals surface area contributed by atoms with Crippen molar-refractivity contribution in [1.29, 1.82) is 0 Å². The van der Waals surface area contributed by atoms with E-state index in [-0.39, 0.29) is 0 Å². The average Bonchev–Trinajstić information content (AvgIpc) is 2.61. The Bertz CT molecular complexity index is 430. The van der Waals surface area contributed by atoms with Crippen molar-refractivity contribution in [3.05, 3.63) is 35.4 Å². The lowest BCUT2D eigenvalue weighted by atomic mass is 9.76. The van der Waals surface area contributed by atoms with Crippen LogP contribution in [0.3, 0.4) is 0 Å². The fourth-order valence-electron chi connectivity index (χ4n) is 4.96. The van der Waals surface area contributed by atoms with E-state index in [2.05, 4.69) is 31.2 Å². The number of rotatable bonds is 6. The molecule has 3 rings (SSSR count). The molecule has 2 fully saturated rings. The zero-order valence-electron chi connectivity index (χ0n) is 15.2. The van der Waals surface area contributed by atoms with Crippen LogP contribution in [0.15, 0.2) is 24.3 Å². The third-order valence-corrected chi connectivity index (χ3v) is 6.59. The Morgan fingerprint density at radius 2 is 1.26 bits per heavy atom. The fourth-order valence-corrected chi connectivity index (χ4v) is 4.96. The van der Waals surface area contributed by atoms with Crippen LogP contribution in [0, 0.1) is 18.8 Å². The van der Waals surface area contributed by atoms with E-state index in [0.29, 0.717) is 0 Å². The lowest BCUT2D eigenvalue weighted by Gasteiger charge is -2.29. The summed E-state index contributed by atoms with van der Waals surface area (Å²) in [7, 11) is 0. The van der Waals surface area contributed by atoms with Gasteiger partial charge in [0.05, 0.1) is 0 Å². The highest BCUT2D eigenvalue weighted by Gasteiger charge is 2.22. The lowest BCUT2D eigenvalue weighted by molar-refractivity contribution is 0.289. The first-order chi connectivity index (χ1) is 11.3. The summed E-state index contributed by atoms with van der Waals surface area (Å²) < 4.78 is 0. The first-order valence-corrected chi connectivity index (χ1v) is 10.4. The molecule has 0 saturated heterocycles. The molecule has 0 heteroatoms. The Labute approximate surface area is 144 Å². The van der Waals surface area contributed by atoms with Crippen LogP contribution in [-0.2, 0) is 0 Å². The minimum atomic E-state index is 0.842. The molecule has 2 saturated carbocycles. The van der Waals surface area contributed by atoms with Crippen molar-refractivity contribution in [3.8, 4) is 0 Å². The van der Waals surface area contributed by atoms with E-state index in [1.807, 2.05) is 0 Å². The van der Waals surface area contributed by atoms with Gasteiger partial charge in [0, 0.05) is 0 Å². The summed E-state index contributed by atoms with van der Waals surface area (Å²) in [4.78, 5) is 0. The van der Waals surface area contributed by atoms with Gasteiger partial charge in [0.15, 0.2) is 0 Å². The molecule has 2 aliphatic carbocycles. The molecular formula is C23H36. The largest absolute Gasteiger partial charge is 0.0590 e. The zero-order valence-corrected chi connectivity index (χ0v) is 15.2. The molecule has 0 aromatic heterocycles. The second kappa shape index (κ2) is 8.90. The van der Waals surface area contributed by atoms with E-state index >= 15 is 0 Å². The predicted molar refractivity (Wildman–Crippen MR) is 101 cm³/mol. The van der Waals surface area contributed by atoms with Crippen LogP contribution >= 0.6 is 0 Å². The molecule has 0 heterocycles. The molecule has 0 amide bonds. The first-order valence-electron chi connectivity index (χ1n) is 10.4. The van der Waals surface area contributed by atoms with Crippen molar-refractivity contribution in [3.63, 3.8) is 0 Å². The lowest BCUT2D eigenvalue weighted by Crippen LogP contribution is -2.13. The minimum Gasteiger partial charge on any atom is -0.0590 e. The number of unbranched alkanes of at least 4 members (excludes halogenated alkanes) is 1. The van der Waals surface area contributed by atoms with Gasteiger partial charge in [0.25, 0.3) is 0 Å². The Morgan fingerprint density at radius 3 is 1.87 bits per heavy atom. The van der Waals surface area contributed by atoms with Crippen molar-refractivity contribution in [1.82, 2.24) is 0 Å². The highest BCUT2D eigenvalue weighted by atomic mass is 14.3. The van der Waals surface area contributed by atoms with Crippen molar-refractivity contribution in [2.75, 3.05) is 0 Å². The fraction of sp³-hybridized carbons (Fsp3) is 0.739. The van der Waals surface area contributed by atoms with E-state index in [1.165, 1.54) is 89.0 Å². The van der Waals surface area contributed by atoms with Crippen LogP contribution in [0.2, 0.25) is 0 Å². The smallest absolute Gasteiger partial charge is 0.0162 e.